The fourth-order valence-corrected chi connectivity index (χ4v) is 2.04. The zero-order valence-electron chi connectivity index (χ0n) is 10.1. The van der Waals surface area contributed by atoms with E-state index in [-0.39, 0.29) is 0 Å². The molecule has 2 aromatic rings. The van der Waals surface area contributed by atoms with E-state index < -0.39 is 0 Å². The van der Waals surface area contributed by atoms with Gasteiger partial charge in [0.05, 0.1) is 0 Å². The highest BCUT2D eigenvalue weighted by atomic mass is 32.1. The molecule has 0 aliphatic heterocycles. The van der Waals surface area contributed by atoms with Gasteiger partial charge in [0.2, 0.25) is 0 Å². The van der Waals surface area contributed by atoms with E-state index in [1.54, 1.807) is 12.4 Å². The van der Waals surface area contributed by atoms with E-state index in [2.05, 4.69) is 26.9 Å². The third-order valence-electron chi connectivity index (χ3n) is 2.58. The molecule has 0 aliphatic rings. The van der Waals surface area contributed by atoms with Crippen molar-refractivity contribution in [2.45, 2.75) is 27.2 Å². The summed E-state index contributed by atoms with van der Waals surface area (Å²) in [6, 6.07) is 0. The molecule has 0 unspecified atom stereocenters. The van der Waals surface area contributed by atoms with E-state index in [4.69, 9.17) is 12.2 Å². The second kappa shape index (κ2) is 4.71. The normalized spacial score (nSPS) is 10.5. The van der Waals surface area contributed by atoms with Gasteiger partial charge in [-0.3, -0.25) is 0 Å². The van der Waals surface area contributed by atoms with E-state index in [0.29, 0.717) is 16.3 Å². The van der Waals surface area contributed by atoms with Gasteiger partial charge in [-0.2, -0.15) is 0 Å². The molecule has 4 nitrogen and oxygen atoms in total. The van der Waals surface area contributed by atoms with Crippen LogP contribution in [0.15, 0.2) is 12.4 Å². The Kier molecular flexibility index (Phi) is 3.28. The summed E-state index contributed by atoms with van der Waals surface area (Å²) >= 11 is 5.27. The van der Waals surface area contributed by atoms with Crippen molar-refractivity contribution in [3.8, 4) is 11.6 Å². The Hall–Kier alpha value is -1.62. The fraction of sp³-hybridized carbons (Fsp3) is 0.333. The molecule has 0 atom stereocenters. The van der Waals surface area contributed by atoms with Crippen LogP contribution in [0.4, 0.5) is 0 Å². The lowest BCUT2D eigenvalue weighted by atomic mass is 10.2. The molecule has 0 aliphatic carbocycles. The molecule has 17 heavy (non-hydrogen) atoms. The van der Waals surface area contributed by atoms with Gasteiger partial charge in [0, 0.05) is 23.7 Å². The molecule has 2 aromatic heterocycles. The third-order valence-corrected chi connectivity index (χ3v) is 2.91. The lowest BCUT2D eigenvalue weighted by Crippen LogP contribution is -2.01. The number of nitrogens with zero attached hydrogens (tertiary/aromatic N) is 3. The van der Waals surface area contributed by atoms with Crippen molar-refractivity contribution in [1.29, 1.82) is 0 Å². The molecule has 2 rings (SSSR count). The first-order valence-corrected chi connectivity index (χ1v) is 5.91. The molecule has 2 heterocycles. The molecule has 1 N–H and O–H groups in total. The molecule has 0 spiro atoms. The van der Waals surface area contributed by atoms with E-state index in [1.807, 2.05) is 13.8 Å². The largest absolute Gasteiger partial charge is 0.340 e. The maximum Gasteiger partial charge on any atom is 0.195 e. The Bertz CT molecular complexity index is 586. The predicted octanol–water partition coefficient (Wildman–Crippen LogP) is 2.78. The number of nitrogens with one attached hydrogen (secondary N) is 1. The van der Waals surface area contributed by atoms with Crippen LogP contribution >= 0.6 is 12.2 Å². The van der Waals surface area contributed by atoms with E-state index in [0.717, 1.165) is 23.2 Å². The minimum absolute atomic E-state index is 0.576. The molecular formula is C12H14N4S. The Morgan fingerprint density at radius 2 is 1.88 bits per heavy atom. The summed E-state index contributed by atoms with van der Waals surface area (Å²) < 4.78 is 0.628. The standard InChI is InChI=1S/C12H14N4S/c1-4-9-8(3)15-11(16-12(9)17)10-13-5-7(2)6-14-10/h5-6H,4H2,1-3H3,(H,15,16,17). The number of rotatable bonds is 2. The highest BCUT2D eigenvalue weighted by Crippen LogP contribution is 2.13. The van der Waals surface area contributed by atoms with Crippen molar-refractivity contribution in [3.63, 3.8) is 0 Å². The van der Waals surface area contributed by atoms with Crippen LogP contribution in [0, 0.1) is 18.5 Å². The lowest BCUT2D eigenvalue weighted by Gasteiger charge is -2.06. The average molecular weight is 246 g/mol. The van der Waals surface area contributed by atoms with Crippen LogP contribution in [0.3, 0.4) is 0 Å². The van der Waals surface area contributed by atoms with E-state index in [1.165, 1.54) is 0 Å². The summed E-state index contributed by atoms with van der Waals surface area (Å²) in [4.78, 5) is 16.0. The van der Waals surface area contributed by atoms with Gasteiger partial charge in [-0.15, -0.1) is 0 Å². The molecule has 0 bridgehead atoms. The summed E-state index contributed by atoms with van der Waals surface area (Å²) in [5.41, 5.74) is 3.14. The summed E-state index contributed by atoms with van der Waals surface area (Å²) in [7, 11) is 0. The molecule has 88 valence electrons. The number of hydrogen-bond acceptors (Lipinski definition) is 4. The summed E-state index contributed by atoms with van der Waals surface area (Å²) in [6.45, 7) is 6.01. The molecule has 0 aromatic carbocycles. The average Bonchev–Trinajstić information content (AvgIpc) is 2.29. The fourth-order valence-electron chi connectivity index (χ4n) is 1.65. The van der Waals surface area contributed by atoms with Crippen LogP contribution in [0.1, 0.15) is 23.7 Å². The number of hydrogen-bond donors (Lipinski definition) is 1. The van der Waals surface area contributed by atoms with Crippen molar-refractivity contribution in [3.05, 3.63) is 33.9 Å². The van der Waals surface area contributed by atoms with Crippen molar-refractivity contribution >= 4 is 12.2 Å². The first kappa shape index (κ1) is 11.9. The van der Waals surface area contributed by atoms with Crippen LogP contribution in [0.5, 0.6) is 0 Å². The molecule has 0 saturated heterocycles. The minimum atomic E-state index is 0.576. The number of aromatic nitrogens is 4. The molecule has 0 radical (unpaired) electrons. The second-order valence-corrected chi connectivity index (χ2v) is 4.32. The lowest BCUT2D eigenvalue weighted by molar-refractivity contribution is 0.968. The zero-order chi connectivity index (χ0) is 12.4. The Balaban J connectivity index is 2.54. The number of aromatic amines is 1. The summed E-state index contributed by atoms with van der Waals surface area (Å²) in [5, 5.41) is 0. The second-order valence-electron chi connectivity index (χ2n) is 3.93. The maximum atomic E-state index is 5.27. The van der Waals surface area contributed by atoms with Crippen LogP contribution < -0.4 is 0 Å². The monoisotopic (exact) mass is 246 g/mol. The highest BCUT2D eigenvalue weighted by Gasteiger charge is 2.07. The SMILES string of the molecule is CCc1c(C)[nH]c(-c2ncc(C)cn2)nc1=S. The maximum absolute atomic E-state index is 5.27. The Labute approximate surface area is 105 Å². The number of H-pyrrole nitrogens is 1. The van der Waals surface area contributed by atoms with Gasteiger partial charge in [-0.05, 0) is 25.8 Å². The van der Waals surface area contributed by atoms with Gasteiger partial charge in [0.1, 0.15) is 4.64 Å². The predicted molar refractivity (Wildman–Crippen MR) is 69.3 cm³/mol. The van der Waals surface area contributed by atoms with E-state index >= 15 is 0 Å². The molecule has 0 saturated carbocycles. The van der Waals surface area contributed by atoms with E-state index in [9.17, 15) is 0 Å². The van der Waals surface area contributed by atoms with Crippen LogP contribution in [-0.4, -0.2) is 19.9 Å². The van der Waals surface area contributed by atoms with Gasteiger partial charge in [-0.25, -0.2) is 15.0 Å². The topological polar surface area (TPSA) is 54.5 Å². The molecule has 0 amide bonds. The summed E-state index contributed by atoms with van der Waals surface area (Å²) in [5.74, 6) is 1.21. The van der Waals surface area contributed by atoms with Gasteiger partial charge < -0.3 is 4.98 Å². The molecule has 5 heteroatoms. The van der Waals surface area contributed by atoms with Crippen molar-refractivity contribution in [1.82, 2.24) is 19.9 Å². The summed E-state index contributed by atoms with van der Waals surface area (Å²) in [6.07, 6.45) is 4.41. The quantitative estimate of drug-likeness (QED) is 0.828. The zero-order valence-corrected chi connectivity index (χ0v) is 10.9. The number of aryl methyl sites for hydroxylation is 2. The molecular weight excluding hydrogens is 232 g/mol. The molecule has 0 fully saturated rings. The van der Waals surface area contributed by atoms with Gasteiger partial charge >= 0.3 is 0 Å². The first-order valence-electron chi connectivity index (χ1n) is 5.50. The Morgan fingerprint density at radius 3 is 2.41 bits per heavy atom. The highest BCUT2D eigenvalue weighted by molar-refractivity contribution is 7.71. The Morgan fingerprint density at radius 1 is 1.24 bits per heavy atom. The minimum Gasteiger partial charge on any atom is -0.340 e. The van der Waals surface area contributed by atoms with Crippen molar-refractivity contribution in [2.75, 3.05) is 0 Å². The van der Waals surface area contributed by atoms with Crippen LogP contribution in [0.2, 0.25) is 0 Å². The first-order chi connectivity index (χ1) is 8.11. The van der Waals surface area contributed by atoms with Gasteiger partial charge in [0.15, 0.2) is 11.6 Å². The van der Waals surface area contributed by atoms with Gasteiger partial charge in [-0.1, -0.05) is 19.1 Å². The van der Waals surface area contributed by atoms with Crippen LogP contribution in [-0.2, 0) is 6.42 Å². The van der Waals surface area contributed by atoms with Crippen molar-refractivity contribution < 1.29 is 0 Å². The van der Waals surface area contributed by atoms with Crippen LogP contribution in [0.25, 0.3) is 11.6 Å². The van der Waals surface area contributed by atoms with Crippen molar-refractivity contribution in [2.24, 2.45) is 0 Å². The smallest absolute Gasteiger partial charge is 0.195 e. The third kappa shape index (κ3) is 2.39. The van der Waals surface area contributed by atoms with Gasteiger partial charge in [0.25, 0.3) is 0 Å².